The molecule has 3 nitrogen and oxygen atoms in total. The molecule has 3 aromatic rings. The van der Waals surface area contributed by atoms with Crippen LogP contribution in [-0.2, 0) is 6.42 Å². The molecule has 2 heterocycles. The van der Waals surface area contributed by atoms with Gasteiger partial charge in [-0.25, -0.2) is 4.98 Å². The van der Waals surface area contributed by atoms with Gasteiger partial charge in [-0.1, -0.05) is 42.5 Å². The molecule has 0 radical (unpaired) electrons. The van der Waals surface area contributed by atoms with Crippen LogP contribution in [0.1, 0.15) is 5.56 Å². The van der Waals surface area contributed by atoms with Crippen molar-refractivity contribution in [2.45, 2.75) is 12.5 Å². The highest BCUT2D eigenvalue weighted by molar-refractivity contribution is 5.91. The second-order valence-corrected chi connectivity index (χ2v) is 5.31. The number of hydrogen-bond donors (Lipinski definition) is 1. The monoisotopic (exact) mass is 276 g/mol. The first-order chi connectivity index (χ1) is 10.4. The normalized spacial score (nSPS) is 16.5. The Balaban J connectivity index is 1.50. The number of benzene rings is 2. The Morgan fingerprint density at radius 1 is 1.05 bits per heavy atom. The molecule has 1 aliphatic rings. The van der Waals surface area contributed by atoms with Crippen molar-refractivity contribution >= 4 is 16.6 Å². The molecule has 104 valence electrons. The van der Waals surface area contributed by atoms with Crippen LogP contribution in [0.25, 0.3) is 10.8 Å². The summed E-state index contributed by atoms with van der Waals surface area (Å²) in [5.74, 6) is 1.93. The average Bonchev–Trinajstić information content (AvgIpc) is 2.96. The number of nitrogens with one attached hydrogen (secondary N) is 1. The molecule has 1 N–H and O–H groups in total. The molecular formula is C18H16N2O. The molecule has 0 aliphatic carbocycles. The van der Waals surface area contributed by atoms with E-state index in [1.807, 2.05) is 36.5 Å². The van der Waals surface area contributed by atoms with Crippen LogP contribution in [-0.4, -0.2) is 17.6 Å². The number of para-hydroxylation sites is 1. The van der Waals surface area contributed by atoms with Crippen LogP contribution in [0, 0.1) is 0 Å². The summed E-state index contributed by atoms with van der Waals surface area (Å²) in [4.78, 5) is 4.45. The number of nitrogens with zero attached hydrogens (tertiary/aromatic N) is 1. The summed E-state index contributed by atoms with van der Waals surface area (Å²) in [6.45, 7) is 0.760. The van der Waals surface area contributed by atoms with Crippen LogP contribution in [0.5, 0.6) is 5.75 Å². The zero-order valence-electron chi connectivity index (χ0n) is 11.6. The number of aromatic nitrogens is 1. The van der Waals surface area contributed by atoms with E-state index in [0.717, 1.165) is 29.9 Å². The van der Waals surface area contributed by atoms with Gasteiger partial charge < -0.3 is 10.1 Å². The molecule has 1 aliphatic heterocycles. The summed E-state index contributed by atoms with van der Waals surface area (Å²) < 4.78 is 5.95. The summed E-state index contributed by atoms with van der Waals surface area (Å²) in [6.07, 6.45) is 2.96. The van der Waals surface area contributed by atoms with Crippen LogP contribution < -0.4 is 10.1 Å². The minimum atomic E-state index is 0.170. The summed E-state index contributed by atoms with van der Waals surface area (Å²) in [7, 11) is 0. The maximum absolute atomic E-state index is 5.95. The van der Waals surface area contributed by atoms with Gasteiger partial charge in [-0.3, -0.25) is 0 Å². The second kappa shape index (κ2) is 5.09. The SMILES string of the molecule is c1ccc2c(c1)CC(CNc1nccc3ccccc13)O2. The van der Waals surface area contributed by atoms with Crippen molar-refractivity contribution in [1.29, 1.82) is 0 Å². The Morgan fingerprint density at radius 2 is 1.90 bits per heavy atom. The standard InChI is InChI=1S/C18H16N2O/c1-3-7-16-13(5-1)9-10-19-18(16)20-12-15-11-14-6-2-4-8-17(14)21-15/h1-10,15H,11-12H2,(H,19,20). The highest BCUT2D eigenvalue weighted by Crippen LogP contribution is 2.28. The van der Waals surface area contributed by atoms with Gasteiger partial charge in [0.1, 0.15) is 17.7 Å². The Kier molecular flexibility index (Phi) is 2.96. The first-order valence-electron chi connectivity index (χ1n) is 7.22. The molecule has 2 aromatic carbocycles. The Bertz CT molecular complexity index is 755. The number of hydrogen-bond acceptors (Lipinski definition) is 3. The molecular weight excluding hydrogens is 260 g/mol. The molecule has 1 unspecified atom stereocenters. The lowest BCUT2D eigenvalue weighted by molar-refractivity contribution is 0.246. The van der Waals surface area contributed by atoms with E-state index in [4.69, 9.17) is 4.74 Å². The smallest absolute Gasteiger partial charge is 0.133 e. The van der Waals surface area contributed by atoms with E-state index < -0.39 is 0 Å². The van der Waals surface area contributed by atoms with Crippen LogP contribution >= 0.6 is 0 Å². The van der Waals surface area contributed by atoms with E-state index in [-0.39, 0.29) is 6.10 Å². The third-order valence-corrected chi connectivity index (χ3v) is 3.88. The average molecular weight is 276 g/mol. The third-order valence-electron chi connectivity index (χ3n) is 3.88. The number of rotatable bonds is 3. The van der Waals surface area contributed by atoms with Gasteiger partial charge in [0, 0.05) is 18.0 Å². The lowest BCUT2D eigenvalue weighted by atomic mass is 10.1. The van der Waals surface area contributed by atoms with Crippen molar-refractivity contribution in [2.24, 2.45) is 0 Å². The van der Waals surface area contributed by atoms with E-state index in [0.29, 0.717) is 0 Å². The maximum Gasteiger partial charge on any atom is 0.133 e. The molecule has 21 heavy (non-hydrogen) atoms. The third kappa shape index (κ3) is 2.31. The van der Waals surface area contributed by atoms with Gasteiger partial charge in [0.05, 0.1) is 6.54 Å². The van der Waals surface area contributed by atoms with Gasteiger partial charge in [0.2, 0.25) is 0 Å². The fourth-order valence-electron chi connectivity index (χ4n) is 2.84. The minimum Gasteiger partial charge on any atom is -0.488 e. The Hall–Kier alpha value is -2.55. The van der Waals surface area contributed by atoms with Gasteiger partial charge in [0.25, 0.3) is 0 Å². The lowest BCUT2D eigenvalue weighted by Crippen LogP contribution is -2.24. The number of pyridine rings is 1. The van der Waals surface area contributed by atoms with Crippen molar-refractivity contribution in [3.8, 4) is 5.75 Å². The topological polar surface area (TPSA) is 34.2 Å². The molecule has 0 fully saturated rings. The van der Waals surface area contributed by atoms with Gasteiger partial charge in [-0.2, -0.15) is 0 Å². The van der Waals surface area contributed by atoms with Crippen LogP contribution in [0.4, 0.5) is 5.82 Å². The second-order valence-electron chi connectivity index (χ2n) is 5.31. The van der Waals surface area contributed by atoms with E-state index in [9.17, 15) is 0 Å². The maximum atomic E-state index is 5.95. The minimum absolute atomic E-state index is 0.170. The van der Waals surface area contributed by atoms with Gasteiger partial charge in [-0.05, 0) is 23.1 Å². The number of anilines is 1. The summed E-state index contributed by atoms with van der Waals surface area (Å²) in [5.41, 5.74) is 1.29. The summed E-state index contributed by atoms with van der Waals surface area (Å²) in [5, 5.41) is 5.78. The Labute approximate surface area is 123 Å². The van der Waals surface area contributed by atoms with E-state index in [2.05, 4.69) is 34.6 Å². The van der Waals surface area contributed by atoms with E-state index in [1.165, 1.54) is 10.9 Å². The van der Waals surface area contributed by atoms with Gasteiger partial charge >= 0.3 is 0 Å². The highest BCUT2D eigenvalue weighted by atomic mass is 16.5. The zero-order chi connectivity index (χ0) is 14.1. The van der Waals surface area contributed by atoms with Gasteiger partial charge in [-0.15, -0.1) is 0 Å². The van der Waals surface area contributed by atoms with Crippen molar-refractivity contribution in [3.05, 3.63) is 66.4 Å². The number of ether oxygens (including phenoxy) is 1. The van der Waals surface area contributed by atoms with Crippen LogP contribution in [0.15, 0.2) is 60.8 Å². The molecule has 0 bridgehead atoms. The fraction of sp³-hybridized carbons (Fsp3) is 0.167. The first kappa shape index (κ1) is 12.2. The van der Waals surface area contributed by atoms with Crippen LogP contribution in [0.3, 0.4) is 0 Å². The van der Waals surface area contributed by atoms with E-state index >= 15 is 0 Å². The fourth-order valence-corrected chi connectivity index (χ4v) is 2.84. The highest BCUT2D eigenvalue weighted by Gasteiger charge is 2.22. The summed E-state index contributed by atoms with van der Waals surface area (Å²) >= 11 is 0. The van der Waals surface area contributed by atoms with Crippen molar-refractivity contribution in [3.63, 3.8) is 0 Å². The summed E-state index contributed by atoms with van der Waals surface area (Å²) in [6, 6.07) is 18.5. The van der Waals surface area contributed by atoms with Gasteiger partial charge in [0.15, 0.2) is 0 Å². The predicted molar refractivity (Wildman–Crippen MR) is 84.8 cm³/mol. The van der Waals surface area contributed by atoms with E-state index in [1.54, 1.807) is 0 Å². The molecule has 0 spiro atoms. The largest absolute Gasteiger partial charge is 0.488 e. The molecule has 1 aromatic heterocycles. The van der Waals surface area contributed by atoms with Crippen molar-refractivity contribution < 1.29 is 4.74 Å². The molecule has 0 saturated carbocycles. The van der Waals surface area contributed by atoms with Crippen molar-refractivity contribution in [1.82, 2.24) is 4.98 Å². The molecule has 1 atom stereocenters. The molecule has 0 saturated heterocycles. The van der Waals surface area contributed by atoms with Crippen molar-refractivity contribution in [2.75, 3.05) is 11.9 Å². The number of fused-ring (bicyclic) bond motifs is 2. The Morgan fingerprint density at radius 3 is 2.86 bits per heavy atom. The zero-order valence-corrected chi connectivity index (χ0v) is 11.6. The quantitative estimate of drug-likeness (QED) is 0.793. The molecule has 3 heteroatoms. The first-order valence-corrected chi connectivity index (χ1v) is 7.22. The lowest BCUT2D eigenvalue weighted by Gasteiger charge is -2.13. The predicted octanol–water partition coefficient (Wildman–Crippen LogP) is 3.65. The molecule has 0 amide bonds. The van der Waals surface area contributed by atoms with Crippen LogP contribution in [0.2, 0.25) is 0 Å². The molecule has 4 rings (SSSR count).